The Labute approximate surface area is 189 Å². The lowest BCUT2D eigenvalue weighted by molar-refractivity contribution is -0.136. The molecule has 0 saturated carbocycles. The van der Waals surface area contributed by atoms with Gasteiger partial charge in [-0.25, -0.2) is 10.2 Å². The number of nitrogens with one attached hydrogen (secondary N) is 2. The number of ether oxygens (including phenoxy) is 3. The van der Waals surface area contributed by atoms with Gasteiger partial charge in [0.25, 0.3) is 0 Å². The second-order valence-electron chi connectivity index (χ2n) is 6.94. The highest BCUT2D eigenvalue weighted by Crippen LogP contribution is 2.39. The van der Waals surface area contributed by atoms with Crippen molar-refractivity contribution in [3.8, 4) is 11.5 Å². The van der Waals surface area contributed by atoms with Crippen LogP contribution in [0.3, 0.4) is 0 Å². The van der Waals surface area contributed by atoms with Crippen molar-refractivity contribution >= 4 is 39.8 Å². The summed E-state index contributed by atoms with van der Waals surface area (Å²) >= 11 is 1.30. The van der Waals surface area contributed by atoms with Crippen LogP contribution in [-0.2, 0) is 27.2 Å². The average molecular weight is 460 g/mol. The van der Waals surface area contributed by atoms with Gasteiger partial charge < -0.3 is 19.5 Å². The van der Waals surface area contributed by atoms with Crippen molar-refractivity contribution in [1.29, 1.82) is 0 Å². The van der Waals surface area contributed by atoms with Gasteiger partial charge >= 0.3 is 17.8 Å². The van der Waals surface area contributed by atoms with E-state index in [1.165, 1.54) is 25.6 Å². The van der Waals surface area contributed by atoms with Crippen LogP contribution in [0.4, 0.5) is 5.00 Å². The Morgan fingerprint density at radius 1 is 1.09 bits per heavy atom. The molecule has 0 bridgehead atoms. The minimum absolute atomic E-state index is 0.224. The van der Waals surface area contributed by atoms with Gasteiger partial charge in [-0.2, -0.15) is 5.10 Å². The number of anilines is 1. The molecule has 0 aliphatic heterocycles. The molecule has 170 valence electrons. The van der Waals surface area contributed by atoms with Crippen LogP contribution in [0.25, 0.3) is 0 Å². The summed E-state index contributed by atoms with van der Waals surface area (Å²) in [4.78, 5) is 38.2. The van der Waals surface area contributed by atoms with E-state index in [0.717, 1.165) is 29.7 Å². The summed E-state index contributed by atoms with van der Waals surface area (Å²) in [5.74, 6) is -1.29. The van der Waals surface area contributed by atoms with E-state index in [0.29, 0.717) is 33.3 Å². The van der Waals surface area contributed by atoms with Crippen LogP contribution in [0.5, 0.6) is 11.5 Å². The maximum Gasteiger partial charge on any atom is 0.341 e. The zero-order chi connectivity index (χ0) is 23.3. The number of benzene rings is 1. The van der Waals surface area contributed by atoms with E-state index in [2.05, 4.69) is 15.8 Å². The summed E-state index contributed by atoms with van der Waals surface area (Å²) in [6.07, 6.45) is 2.53. The van der Waals surface area contributed by atoms with E-state index in [-0.39, 0.29) is 6.61 Å². The summed E-state index contributed by atoms with van der Waals surface area (Å²) in [5.41, 5.74) is 4.63. The number of fused-ring (bicyclic) bond motifs is 1. The minimum Gasteiger partial charge on any atom is -0.493 e. The molecule has 2 aromatic rings. The molecule has 0 atom stereocenters. The number of esters is 1. The van der Waals surface area contributed by atoms with Gasteiger partial charge in [0, 0.05) is 10.4 Å². The van der Waals surface area contributed by atoms with Crippen molar-refractivity contribution in [3.63, 3.8) is 0 Å². The molecular weight excluding hydrogens is 434 g/mol. The Bertz CT molecular complexity index is 1080. The van der Waals surface area contributed by atoms with Crippen LogP contribution >= 0.6 is 11.3 Å². The van der Waals surface area contributed by atoms with Gasteiger partial charge in [-0.1, -0.05) is 0 Å². The smallest absolute Gasteiger partial charge is 0.341 e. The normalized spacial score (nSPS) is 12.7. The molecule has 1 aromatic heterocycles. The maximum absolute atomic E-state index is 12.4. The number of nitrogens with zero attached hydrogens (tertiary/aromatic N) is 1. The van der Waals surface area contributed by atoms with Crippen molar-refractivity contribution in [3.05, 3.63) is 39.8 Å². The van der Waals surface area contributed by atoms with Crippen LogP contribution in [0.2, 0.25) is 0 Å². The number of hydrazone groups is 1. The molecule has 1 aliphatic rings. The van der Waals surface area contributed by atoms with Gasteiger partial charge in [0.2, 0.25) is 0 Å². The molecule has 2 N–H and O–H groups in total. The Morgan fingerprint density at radius 2 is 1.84 bits per heavy atom. The third kappa shape index (κ3) is 4.91. The van der Waals surface area contributed by atoms with Crippen molar-refractivity contribution in [1.82, 2.24) is 5.43 Å². The third-order valence-electron chi connectivity index (χ3n) is 4.96. The van der Waals surface area contributed by atoms with Gasteiger partial charge in [-0.05, 0) is 56.9 Å². The minimum atomic E-state index is -0.951. The first-order valence-electron chi connectivity index (χ1n) is 10.1. The lowest BCUT2D eigenvalue weighted by atomic mass is 10.1. The Morgan fingerprint density at radius 3 is 2.53 bits per heavy atom. The number of aryl methyl sites for hydroxylation is 1. The first kappa shape index (κ1) is 23.3. The summed E-state index contributed by atoms with van der Waals surface area (Å²) in [6, 6.07) is 5.18. The lowest BCUT2D eigenvalue weighted by Gasteiger charge is -2.10. The van der Waals surface area contributed by atoms with Gasteiger partial charge in [0.15, 0.2) is 11.5 Å². The van der Waals surface area contributed by atoms with Crippen LogP contribution in [0.1, 0.15) is 46.6 Å². The molecule has 1 aromatic carbocycles. The Hall–Kier alpha value is -3.40. The number of carbonyl (C=O) groups excluding carboxylic acids is 3. The third-order valence-corrected chi connectivity index (χ3v) is 6.17. The van der Waals surface area contributed by atoms with Crippen LogP contribution in [0.15, 0.2) is 23.3 Å². The quantitative estimate of drug-likeness (QED) is 0.285. The largest absolute Gasteiger partial charge is 0.493 e. The molecule has 32 heavy (non-hydrogen) atoms. The number of thiophene rings is 1. The first-order chi connectivity index (χ1) is 15.4. The van der Waals surface area contributed by atoms with E-state index in [1.54, 1.807) is 32.0 Å². The van der Waals surface area contributed by atoms with Crippen LogP contribution in [0, 0.1) is 0 Å². The van der Waals surface area contributed by atoms with E-state index < -0.39 is 17.8 Å². The predicted molar refractivity (Wildman–Crippen MR) is 121 cm³/mol. The molecule has 0 fully saturated rings. The highest BCUT2D eigenvalue weighted by Gasteiger charge is 2.29. The molecule has 3 rings (SSSR count). The first-order valence-corrected chi connectivity index (χ1v) is 10.9. The van der Waals surface area contributed by atoms with Crippen molar-refractivity contribution in [2.75, 3.05) is 26.1 Å². The van der Waals surface area contributed by atoms with Crippen LogP contribution < -0.4 is 20.2 Å². The monoisotopic (exact) mass is 459 g/mol. The molecule has 0 spiro atoms. The fourth-order valence-electron chi connectivity index (χ4n) is 3.38. The number of methoxy groups -OCH3 is 2. The van der Waals surface area contributed by atoms with E-state index >= 15 is 0 Å². The van der Waals surface area contributed by atoms with E-state index in [4.69, 9.17) is 14.2 Å². The standard InChI is InChI=1S/C22H25N3O6S/c1-5-31-22(28)18-14-7-6-8-17(14)32-21(18)23-19(26)20(27)25-24-12(2)13-9-10-15(29-3)16(11-13)30-4/h9-11H,5-8H2,1-4H3,(H,23,26)(H,25,27)/b24-12+. The fraction of sp³-hybridized carbons (Fsp3) is 0.364. The highest BCUT2D eigenvalue weighted by atomic mass is 32.1. The summed E-state index contributed by atoms with van der Waals surface area (Å²) in [6.45, 7) is 3.62. The lowest BCUT2D eigenvalue weighted by Crippen LogP contribution is -2.33. The second kappa shape index (κ2) is 10.3. The number of hydrogen-bond donors (Lipinski definition) is 2. The zero-order valence-electron chi connectivity index (χ0n) is 18.4. The zero-order valence-corrected chi connectivity index (χ0v) is 19.2. The molecule has 1 aliphatic carbocycles. The molecule has 1 heterocycles. The van der Waals surface area contributed by atoms with Crippen LogP contribution in [-0.4, -0.2) is 44.3 Å². The molecule has 2 amide bonds. The SMILES string of the molecule is CCOC(=O)c1c(NC(=O)C(=O)N/N=C(\C)c2ccc(OC)c(OC)c2)sc2c1CCC2. The summed E-state index contributed by atoms with van der Waals surface area (Å²) < 4.78 is 15.6. The maximum atomic E-state index is 12.4. The van der Waals surface area contributed by atoms with Gasteiger partial charge in [-0.3, -0.25) is 9.59 Å². The average Bonchev–Trinajstić information content (AvgIpc) is 3.37. The molecular formula is C22H25N3O6S. The number of carbonyl (C=O) groups is 3. The Kier molecular flexibility index (Phi) is 7.47. The van der Waals surface area contributed by atoms with Gasteiger partial charge in [-0.15, -0.1) is 11.3 Å². The predicted octanol–water partition coefficient (Wildman–Crippen LogP) is 2.91. The van der Waals surface area contributed by atoms with Crippen molar-refractivity contribution < 1.29 is 28.6 Å². The number of hydrogen-bond acceptors (Lipinski definition) is 8. The molecule has 9 nitrogen and oxygen atoms in total. The topological polar surface area (TPSA) is 115 Å². The fourth-order valence-corrected chi connectivity index (χ4v) is 4.66. The summed E-state index contributed by atoms with van der Waals surface area (Å²) in [5, 5.41) is 6.86. The molecule has 0 radical (unpaired) electrons. The molecule has 0 saturated heterocycles. The van der Waals surface area contributed by atoms with E-state index in [9.17, 15) is 14.4 Å². The highest BCUT2D eigenvalue weighted by molar-refractivity contribution is 7.17. The molecule has 0 unspecified atom stereocenters. The second-order valence-corrected chi connectivity index (χ2v) is 8.05. The number of rotatable bonds is 7. The van der Waals surface area contributed by atoms with Gasteiger partial charge in [0.1, 0.15) is 5.00 Å². The van der Waals surface area contributed by atoms with E-state index in [1.807, 2.05) is 0 Å². The molecule has 10 heteroatoms. The Balaban J connectivity index is 1.71. The number of amides is 2. The van der Waals surface area contributed by atoms with Gasteiger partial charge in [0.05, 0.1) is 32.1 Å². The summed E-state index contributed by atoms with van der Waals surface area (Å²) in [7, 11) is 3.05. The van der Waals surface area contributed by atoms with Crippen molar-refractivity contribution in [2.24, 2.45) is 5.10 Å². The van der Waals surface area contributed by atoms with Crippen molar-refractivity contribution in [2.45, 2.75) is 33.1 Å².